The largest absolute Gasteiger partial charge is 0.446 e. The molecule has 0 amide bonds. The molecule has 7 nitrogen and oxygen atoms in total. The number of rotatable bonds is 12. The summed E-state index contributed by atoms with van der Waals surface area (Å²) < 4.78 is 85.3. The van der Waals surface area contributed by atoms with Gasteiger partial charge in [0, 0.05) is 28.0 Å². The molecule has 13 heteroatoms. The molecule has 0 aliphatic rings. The highest BCUT2D eigenvalue weighted by Crippen LogP contribution is 2.35. The molecule has 43 heavy (non-hydrogen) atoms. The standard InChI is InChI=1S/C30H29ClF4N2O5S/c1-2-43(40,41)25-8-4-19(5-9-25)27(17-38)36-18-42-29(39)21-6-10-28-22(13-21)15-24(37(28)12-11-32)14-20-3-7-23(31)16-26(20)30(33,34)35/h3-10,13,15-16,27,36,38H,2,11-12,14,17-18H2,1H3. The SMILES string of the molecule is CCS(=O)(=O)c1ccc(C(CO)NCOC(=O)c2ccc3c(c2)cc(Cc2ccc(Cl)cc2C(F)(F)F)n3CCF)cc1. The van der Waals surface area contributed by atoms with Crippen molar-refractivity contribution in [2.75, 3.05) is 25.8 Å². The molecular weight excluding hydrogens is 612 g/mol. The van der Waals surface area contributed by atoms with Gasteiger partial charge >= 0.3 is 12.1 Å². The van der Waals surface area contributed by atoms with E-state index in [-0.39, 0.29) is 53.1 Å². The van der Waals surface area contributed by atoms with Crippen LogP contribution in [0.15, 0.2) is 71.6 Å². The highest BCUT2D eigenvalue weighted by Gasteiger charge is 2.33. The van der Waals surface area contributed by atoms with Crippen LogP contribution in [0.25, 0.3) is 10.9 Å². The van der Waals surface area contributed by atoms with Crippen molar-refractivity contribution >= 4 is 38.3 Å². The number of fused-ring (bicyclic) bond motifs is 1. The highest BCUT2D eigenvalue weighted by molar-refractivity contribution is 7.91. The topological polar surface area (TPSA) is 97.6 Å². The van der Waals surface area contributed by atoms with Gasteiger partial charge in [0.25, 0.3) is 0 Å². The van der Waals surface area contributed by atoms with Gasteiger partial charge in [-0.3, -0.25) is 5.32 Å². The van der Waals surface area contributed by atoms with E-state index in [1.807, 2.05) is 0 Å². The average molecular weight is 641 g/mol. The minimum Gasteiger partial charge on any atom is -0.446 e. The van der Waals surface area contributed by atoms with Crippen molar-refractivity contribution in [1.29, 1.82) is 0 Å². The van der Waals surface area contributed by atoms with Crippen LogP contribution in [0.5, 0.6) is 0 Å². The van der Waals surface area contributed by atoms with Crippen LogP contribution in [0.2, 0.25) is 5.02 Å². The summed E-state index contributed by atoms with van der Waals surface area (Å²) >= 11 is 5.80. The number of aliphatic hydroxyl groups is 1. The molecule has 0 bridgehead atoms. The van der Waals surface area contributed by atoms with Crippen LogP contribution in [-0.4, -0.2) is 49.8 Å². The Labute approximate surface area is 251 Å². The molecule has 3 aromatic carbocycles. The lowest BCUT2D eigenvalue weighted by molar-refractivity contribution is -0.138. The molecule has 4 rings (SSSR count). The lowest BCUT2D eigenvalue weighted by atomic mass is 10.0. The van der Waals surface area contributed by atoms with E-state index in [0.29, 0.717) is 22.2 Å². The number of benzene rings is 3. The van der Waals surface area contributed by atoms with Gasteiger partial charge in [0.2, 0.25) is 0 Å². The first kappa shape index (κ1) is 32.5. The molecule has 0 aliphatic heterocycles. The van der Waals surface area contributed by atoms with Crippen LogP contribution in [0.4, 0.5) is 17.6 Å². The number of aryl methyl sites for hydroxylation is 1. The lowest BCUT2D eigenvalue weighted by Gasteiger charge is -2.17. The highest BCUT2D eigenvalue weighted by atomic mass is 35.5. The molecule has 2 N–H and O–H groups in total. The molecule has 1 unspecified atom stereocenters. The minimum atomic E-state index is -4.63. The second-order valence-electron chi connectivity index (χ2n) is 9.71. The zero-order valence-electron chi connectivity index (χ0n) is 23.0. The number of hydrogen-bond acceptors (Lipinski definition) is 6. The minimum absolute atomic E-state index is 0.0226. The summed E-state index contributed by atoms with van der Waals surface area (Å²) in [5.74, 6) is -0.744. The number of carbonyl (C=O) groups excluding carboxylic acids is 1. The van der Waals surface area contributed by atoms with E-state index in [0.717, 1.165) is 6.07 Å². The molecular formula is C30H29ClF4N2O5S. The fraction of sp³-hybridized carbons (Fsp3) is 0.300. The molecule has 4 aromatic rings. The zero-order valence-corrected chi connectivity index (χ0v) is 24.6. The fourth-order valence-corrected chi connectivity index (χ4v) is 5.82. The Kier molecular flexibility index (Phi) is 10.2. The van der Waals surface area contributed by atoms with E-state index < -0.39 is 40.3 Å². The Balaban J connectivity index is 1.49. The summed E-state index contributed by atoms with van der Waals surface area (Å²) in [6.07, 6.45) is -4.77. The molecule has 1 atom stereocenters. The Morgan fingerprint density at radius 1 is 1.07 bits per heavy atom. The van der Waals surface area contributed by atoms with E-state index >= 15 is 0 Å². The summed E-state index contributed by atoms with van der Waals surface area (Å²) in [6, 6.07) is 15.1. The number of alkyl halides is 4. The monoisotopic (exact) mass is 640 g/mol. The Bertz CT molecular complexity index is 1710. The smallest absolute Gasteiger partial charge is 0.416 e. The summed E-state index contributed by atoms with van der Waals surface area (Å²) in [4.78, 5) is 12.9. The number of ether oxygens (including phenoxy) is 1. The van der Waals surface area contributed by atoms with Gasteiger partial charge in [-0.1, -0.05) is 36.7 Å². The second kappa shape index (κ2) is 13.5. The Morgan fingerprint density at radius 2 is 1.79 bits per heavy atom. The van der Waals surface area contributed by atoms with Crippen LogP contribution in [0, 0.1) is 0 Å². The molecule has 0 fully saturated rings. The number of carbonyl (C=O) groups is 1. The van der Waals surface area contributed by atoms with Crippen LogP contribution in [0.3, 0.4) is 0 Å². The fourth-order valence-electron chi connectivity index (χ4n) is 4.77. The second-order valence-corrected chi connectivity index (χ2v) is 12.4. The normalized spacial score (nSPS) is 12.9. The maximum Gasteiger partial charge on any atom is 0.416 e. The zero-order chi connectivity index (χ0) is 31.4. The first-order chi connectivity index (χ1) is 20.4. The van der Waals surface area contributed by atoms with Crippen LogP contribution >= 0.6 is 11.6 Å². The Morgan fingerprint density at radius 3 is 2.42 bits per heavy atom. The van der Waals surface area contributed by atoms with Gasteiger partial charge in [0.05, 0.1) is 41.0 Å². The molecule has 0 spiro atoms. The number of halogens is 5. The number of hydrogen-bond donors (Lipinski definition) is 2. The molecule has 0 aliphatic carbocycles. The summed E-state index contributed by atoms with van der Waals surface area (Å²) in [7, 11) is -3.37. The molecule has 0 radical (unpaired) electrons. The number of nitrogens with one attached hydrogen (secondary N) is 1. The third-order valence-electron chi connectivity index (χ3n) is 7.02. The average Bonchev–Trinajstić information content (AvgIpc) is 3.31. The molecule has 0 saturated heterocycles. The van der Waals surface area contributed by atoms with E-state index in [2.05, 4.69) is 5.32 Å². The van der Waals surface area contributed by atoms with Crippen molar-refractivity contribution < 1.29 is 40.6 Å². The van der Waals surface area contributed by atoms with E-state index in [9.17, 15) is 35.9 Å². The van der Waals surface area contributed by atoms with Gasteiger partial charge in [-0.25, -0.2) is 17.6 Å². The van der Waals surface area contributed by atoms with Crippen molar-refractivity contribution in [3.63, 3.8) is 0 Å². The molecule has 1 aromatic heterocycles. The van der Waals surface area contributed by atoms with Crippen molar-refractivity contribution in [3.05, 3.63) is 99.7 Å². The first-order valence-electron chi connectivity index (χ1n) is 13.3. The number of aromatic nitrogens is 1. The van der Waals surface area contributed by atoms with Crippen molar-refractivity contribution in [3.8, 4) is 0 Å². The summed E-state index contributed by atoms with van der Waals surface area (Å²) in [6.45, 7) is 0.0813. The molecule has 1 heterocycles. The van der Waals surface area contributed by atoms with Crippen LogP contribution in [0.1, 0.15) is 45.7 Å². The van der Waals surface area contributed by atoms with Gasteiger partial charge in [-0.15, -0.1) is 0 Å². The van der Waals surface area contributed by atoms with E-state index in [1.54, 1.807) is 35.8 Å². The van der Waals surface area contributed by atoms with Gasteiger partial charge in [0.15, 0.2) is 9.84 Å². The first-order valence-corrected chi connectivity index (χ1v) is 15.3. The van der Waals surface area contributed by atoms with Gasteiger partial charge in [0.1, 0.15) is 13.4 Å². The number of esters is 1. The van der Waals surface area contributed by atoms with Gasteiger partial charge < -0.3 is 14.4 Å². The van der Waals surface area contributed by atoms with Gasteiger partial charge in [-0.05, 0) is 59.7 Å². The molecule has 230 valence electrons. The summed E-state index contributed by atoms with van der Waals surface area (Å²) in [5.41, 5.74) is 0.818. The van der Waals surface area contributed by atoms with Crippen LogP contribution < -0.4 is 5.32 Å². The van der Waals surface area contributed by atoms with Crippen LogP contribution in [-0.2, 0) is 33.7 Å². The van der Waals surface area contributed by atoms with E-state index in [4.69, 9.17) is 16.3 Å². The van der Waals surface area contributed by atoms with E-state index in [1.165, 1.54) is 36.4 Å². The maximum absolute atomic E-state index is 13.7. The van der Waals surface area contributed by atoms with Gasteiger partial charge in [-0.2, -0.15) is 13.2 Å². The third kappa shape index (κ3) is 7.56. The predicted molar refractivity (Wildman–Crippen MR) is 155 cm³/mol. The van der Waals surface area contributed by atoms with Crippen molar-refractivity contribution in [1.82, 2.24) is 9.88 Å². The predicted octanol–water partition coefficient (Wildman–Crippen LogP) is 6.10. The van der Waals surface area contributed by atoms with Crippen molar-refractivity contribution in [2.45, 2.75) is 37.0 Å². The third-order valence-corrected chi connectivity index (χ3v) is 9.00. The number of nitrogens with zero attached hydrogens (tertiary/aromatic N) is 1. The quantitative estimate of drug-likeness (QED) is 0.110. The number of sulfone groups is 1. The Hall–Kier alpha value is -3.45. The maximum atomic E-state index is 13.7. The summed E-state index contributed by atoms with van der Waals surface area (Å²) in [5, 5.41) is 13.1. The number of aliphatic hydroxyl groups excluding tert-OH is 1. The lowest BCUT2D eigenvalue weighted by Crippen LogP contribution is -2.28. The molecule has 0 saturated carbocycles. The van der Waals surface area contributed by atoms with Crippen molar-refractivity contribution in [2.24, 2.45) is 0 Å².